The largest absolute Gasteiger partial charge is 0.379 e. The van der Waals surface area contributed by atoms with Crippen molar-refractivity contribution in [2.75, 3.05) is 13.7 Å². The first-order valence-corrected chi connectivity index (χ1v) is 6.77. The number of hydrogen-bond acceptors (Lipinski definition) is 3. The van der Waals surface area contributed by atoms with Gasteiger partial charge in [-0.05, 0) is 24.4 Å². The molecular weight excluding hydrogens is 243 g/mol. The Labute approximate surface area is 115 Å². The van der Waals surface area contributed by atoms with Gasteiger partial charge in [0.25, 0.3) is 0 Å². The first-order chi connectivity index (χ1) is 8.91. The standard InChI is InChI=1S/C15H25FN2O/c1-6-8-18-13(14(19-5)15(2,3)4)11-7-9-17-10-12(11)16/h7,9-10,13-14,18H,6,8H2,1-5H3. The van der Waals surface area contributed by atoms with E-state index >= 15 is 0 Å². The van der Waals surface area contributed by atoms with Crippen LogP contribution < -0.4 is 5.32 Å². The van der Waals surface area contributed by atoms with Crippen molar-refractivity contribution in [1.29, 1.82) is 0 Å². The number of ether oxygens (including phenoxy) is 1. The van der Waals surface area contributed by atoms with Crippen LogP contribution in [0.2, 0.25) is 0 Å². The van der Waals surface area contributed by atoms with E-state index in [0.717, 1.165) is 13.0 Å². The summed E-state index contributed by atoms with van der Waals surface area (Å²) in [5.41, 5.74) is 0.529. The first kappa shape index (κ1) is 16.1. The smallest absolute Gasteiger partial charge is 0.146 e. The second kappa shape index (κ2) is 6.96. The highest BCUT2D eigenvalue weighted by Gasteiger charge is 2.34. The monoisotopic (exact) mass is 268 g/mol. The van der Waals surface area contributed by atoms with Crippen molar-refractivity contribution in [3.05, 3.63) is 29.8 Å². The van der Waals surface area contributed by atoms with Crippen molar-refractivity contribution in [3.63, 3.8) is 0 Å². The van der Waals surface area contributed by atoms with E-state index in [4.69, 9.17) is 4.74 Å². The maximum Gasteiger partial charge on any atom is 0.146 e. The second-order valence-electron chi connectivity index (χ2n) is 5.85. The van der Waals surface area contributed by atoms with Gasteiger partial charge in [-0.1, -0.05) is 27.7 Å². The molecule has 0 radical (unpaired) electrons. The molecule has 1 heterocycles. The maximum absolute atomic E-state index is 14.0. The van der Waals surface area contributed by atoms with Crippen molar-refractivity contribution in [3.8, 4) is 0 Å². The summed E-state index contributed by atoms with van der Waals surface area (Å²) in [5.74, 6) is -0.289. The molecule has 19 heavy (non-hydrogen) atoms. The van der Waals surface area contributed by atoms with Crippen LogP contribution in [-0.2, 0) is 4.74 Å². The zero-order chi connectivity index (χ0) is 14.5. The van der Waals surface area contributed by atoms with E-state index < -0.39 is 0 Å². The third-order valence-corrected chi connectivity index (χ3v) is 3.16. The van der Waals surface area contributed by atoms with E-state index in [9.17, 15) is 4.39 Å². The van der Waals surface area contributed by atoms with E-state index in [-0.39, 0.29) is 23.4 Å². The van der Waals surface area contributed by atoms with Gasteiger partial charge in [0.15, 0.2) is 0 Å². The van der Waals surface area contributed by atoms with Gasteiger partial charge in [0, 0.05) is 18.9 Å². The van der Waals surface area contributed by atoms with Gasteiger partial charge in [-0.15, -0.1) is 0 Å². The molecule has 3 nitrogen and oxygen atoms in total. The summed E-state index contributed by atoms with van der Waals surface area (Å²) in [5, 5.41) is 3.39. The van der Waals surface area contributed by atoms with Crippen molar-refractivity contribution in [1.82, 2.24) is 10.3 Å². The molecule has 1 rings (SSSR count). The highest BCUT2D eigenvalue weighted by atomic mass is 19.1. The molecule has 0 fully saturated rings. The first-order valence-electron chi connectivity index (χ1n) is 6.77. The van der Waals surface area contributed by atoms with Crippen molar-refractivity contribution in [2.45, 2.75) is 46.3 Å². The molecule has 1 aromatic heterocycles. The summed E-state index contributed by atoms with van der Waals surface area (Å²) < 4.78 is 19.6. The number of methoxy groups -OCH3 is 1. The third kappa shape index (κ3) is 4.25. The van der Waals surface area contributed by atoms with Gasteiger partial charge in [0.05, 0.1) is 18.3 Å². The Hall–Kier alpha value is -1.00. The highest BCUT2D eigenvalue weighted by Crippen LogP contribution is 2.33. The number of pyridine rings is 1. The fourth-order valence-corrected chi connectivity index (χ4v) is 2.31. The van der Waals surface area contributed by atoms with Crippen LogP contribution in [0.15, 0.2) is 18.5 Å². The average molecular weight is 268 g/mol. The molecule has 0 saturated heterocycles. The predicted octanol–water partition coefficient (Wildman–Crippen LogP) is 3.32. The van der Waals surface area contributed by atoms with E-state index in [2.05, 4.69) is 38.0 Å². The normalized spacial score (nSPS) is 15.3. The second-order valence-corrected chi connectivity index (χ2v) is 5.85. The minimum Gasteiger partial charge on any atom is -0.379 e. The molecule has 0 aliphatic carbocycles. The van der Waals surface area contributed by atoms with Crippen LogP contribution in [-0.4, -0.2) is 24.7 Å². The Morgan fingerprint density at radius 3 is 2.58 bits per heavy atom. The Balaban J connectivity index is 3.10. The minimum absolute atomic E-state index is 0.0874. The topological polar surface area (TPSA) is 34.2 Å². The van der Waals surface area contributed by atoms with Crippen LogP contribution in [0.5, 0.6) is 0 Å². The average Bonchev–Trinajstić information content (AvgIpc) is 2.34. The summed E-state index contributed by atoms with van der Waals surface area (Å²) in [4.78, 5) is 3.81. The Kier molecular flexibility index (Phi) is 5.88. The number of aromatic nitrogens is 1. The van der Waals surface area contributed by atoms with Crippen LogP contribution in [0.4, 0.5) is 4.39 Å². The van der Waals surface area contributed by atoms with Gasteiger partial charge in [-0.2, -0.15) is 0 Å². The van der Waals surface area contributed by atoms with Crippen LogP contribution in [0, 0.1) is 11.2 Å². The summed E-state index contributed by atoms with van der Waals surface area (Å²) in [6, 6.07) is 1.55. The molecule has 1 N–H and O–H groups in total. The molecule has 2 unspecified atom stereocenters. The zero-order valence-electron chi connectivity index (χ0n) is 12.5. The predicted molar refractivity (Wildman–Crippen MR) is 75.5 cm³/mol. The summed E-state index contributed by atoms with van der Waals surface area (Å²) in [6.45, 7) is 9.21. The van der Waals surface area contributed by atoms with Gasteiger partial charge >= 0.3 is 0 Å². The molecule has 0 bridgehead atoms. The van der Waals surface area contributed by atoms with Crippen molar-refractivity contribution >= 4 is 0 Å². The molecule has 4 heteroatoms. The lowest BCUT2D eigenvalue weighted by Gasteiger charge is -2.36. The van der Waals surface area contributed by atoms with Crippen LogP contribution in [0.1, 0.15) is 45.7 Å². The molecule has 0 saturated carbocycles. The Bertz CT molecular complexity index is 390. The molecule has 2 atom stereocenters. The van der Waals surface area contributed by atoms with E-state index in [1.165, 1.54) is 6.20 Å². The maximum atomic E-state index is 14.0. The van der Waals surface area contributed by atoms with Gasteiger partial charge in [-0.25, -0.2) is 4.39 Å². The molecule has 0 aliphatic rings. The fraction of sp³-hybridized carbons (Fsp3) is 0.667. The Morgan fingerprint density at radius 2 is 2.11 bits per heavy atom. The van der Waals surface area contributed by atoms with Crippen LogP contribution >= 0.6 is 0 Å². The lowest BCUT2D eigenvalue weighted by atomic mass is 9.82. The van der Waals surface area contributed by atoms with Gasteiger partial charge in [-0.3, -0.25) is 4.98 Å². The molecule has 0 spiro atoms. The quantitative estimate of drug-likeness (QED) is 0.859. The van der Waals surface area contributed by atoms with Crippen LogP contribution in [0.25, 0.3) is 0 Å². The minimum atomic E-state index is -0.289. The molecule has 1 aromatic rings. The summed E-state index contributed by atoms with van der Waals surface area (Å²) in [6.07, 6.45) is 3.75. The summed E-state index contributed by atoms with van der Waals surface area (Å²) >= 11 is 0. The van der Waals surface area contributed by atoms with Gasteiger partial charge in [0.1, 0.15) is 5.82 Å². The van der Waals surface area contributed by atoms with Crippen molar-refractivity contribution < 1.29 is 9.13 Å². The highest BCUT2D eigenvalue weighted by molar-refractivity contribution is 5.20. The molecule has 0 amide bonds. The van der Waals surface area contributed by atoms with E-state index in [1.807, 2.05) is 0 Å². The van der Waals surface area contributed by atoms with Crippen LogP contribution in [0.3, 0.4) is 0 Å². The molecule has 0 aliphatic heterocycles. The Morgan fingerprint density at radius 1 is 1.42 bits per heavy atom. The zero-order valence-corrected chi connectivity index (χ0v) is 12.5. The lowest BCUT2D eigenvalue weighted by molar-refractivity contribution is -0.0127. The van der Waals surface area contributed by atoms with E-state index in [1.54, 1.807) is 19.4 Å². The number of nitrogens with one attached hydrogen (secondary N) is 1. The number of hydrogen-bond donors (Lipinski definition) is 1. The molecule has 0 aromatic carbocycles. The third-order valence-electron chi connectivity index (χ3n) is 3.16. The van der Waals surface area contributed by atoms with E-state index in [0.29, 0.717) is 5.56 Å². The molecular formula is C15H25FN2O. The number of rotatable bonds is 6. The van der Waals surface area contributed by atoms with Crippen molar-refractivity contribution in [2.24, 2.45) is 5.41 Å². The number of halogens is 1. The SMILES string of the molecule is CCCNC(c1ccncc1F)C(OC)C(C)(C)C. The lowest BCUT2D eigenvalue weighted by Crippen LogP contribution is -2.42. The molecule has 108 valence electrons. The van der Waals surface area contributed by atoms with Gasteiger partial charge < -0.3 is 10.1 Å². The number of nitrogens with zero attached hydrogens (tertiary/aromatic N) is 1. The van der Waals surface area contributed by atoms with Gasteiger partial charge in [0.2, 0.25) is 0 Å². The fourth-order valence-electron chi connectivity index (χ4n) is 2.31. The summed E-state index contributed by atoms with van der Waals surface area (Å²) in [7, 11) is 1.68.